The molecule has 0 unspecified atom stereocenters. The van der Waals surface area contributed by atoms with Crippen LogP contribution in [0.25, 0.3) is 16.3 Å². The Labute approximate surface area is 181 Å². The standard InChI is InChI=1S/C22H17FN4O3S/c1-30-22(29)19-13-31-21(25-19)15-4-2-3-14(11-15)12-24-20(28)18-9-10-27(26-18)17-7-5-16(23)6-8-17/h2-11,13H,12H2,1H3,(H,24,28). The summed E-state index contributed by atoms with van der Waals surface area (Å²) in [5.41, 5.74) is 2.88. The number of methoxy groups -OCH3 is 1. The number of carbonyl (C=O) groups excluding carboxylic acids is 2. The summed E-state index contributed by atoms with van der Waals surface area (Å²) in [4.78, 5) is 28.4. The first-order valence-electron chi connectivity index (χ1n) is 9.26. The number of ether oxygens (including phenoxy) is 1. The summed E-state index contributed by atoms with van der Waals surface area (Å²) in [6.07, 6.45) is 1.64. The van der Waals surface area contributed by atoms with Crippen LogP contribution < -0.4 is 5.32 Å². The summed E-state index contributed by atoms with van der Waals surface area (Å²) in [7, 11) is 1.31. The maximum atomic E-state index is 13.1. The number of benzene rings is 2. The predicted molar refractivity (Wildman–Crippen MR) is 114 cm³/mol. The van der Waals surface area contributed by atoms with E-state index in [1.807, 2.05) is 24.3 Å². The Bertz CT molecular complexity index is 1230. The van der Waals surface area contributed by atoms with Crippen molar-refractivity contribution in [2.24, 2.45) is 0 Å². The van der Waals surface area contributed by atoms with Crippen molar-refractivity contribution in [3.8, 4) is 16.3 Å². The average molecular weight is 436 g/mol. The number of thiazole rings is 1. The number of carbonyl (C=O) groups is 2. The van der Waals surface area contributed by atoms with Gasteiger partial charge in [-0.15, -0.1) is 11.3 Å². The number of hydrogen-bond acceptors (Lipinski definition) is 6. The van der Waals surface area contributed by atoms with Crippen LogP contribution in [0.5, 0.6) is 0 Å². The van der Waals surface area contributed by atoms with Gasteiger partial charge in [-0.2, -0.15) is 5.10 Å². The molecule has 0 radical (unpaired) electrons. The molecule has 0 saturated carbocycles. The van der Waals surface area contributed by atoms with Gasteiger partial charge < -0.3 is 10.1 Å². The van der Waals surface area contributed by atoms with Crippen molar-refractivity contribution in [3.05, 3.63) is 88.9 Å². The van der Waals surface area contributed by atoms with Crippen molar-refractivity contribution >= 4 is 23.2 Å². The van der Waals surface area contributed by atoms with Crippen LogP contribution in [0.1, 0.15) is 26.5 Å². The van der Waals surface area contributed by atoms with Gasteiger partial charge in [0.15, 0.2) is 11.4 Å². The number of aromatic nitrogens is 3. The minimum atomic E-state index is -0.481. The van der Waals surface area contributed by atoms with Gasteiger partial charge in [-0.05, 0) is 42.0 Å². The first-order chi connectivity index (χ1) is 15.0. The summed E-state index contributed by atoms with van der Waals surface area (Å²) >= 11 is 1.34. The lowest BCUT2D eigenvalue weighted by molar-refractivity contribution is 0.0595. The van der Waals surface area contributed by atoms with Gasteiger partial charge in [-0.25, -0.2) is 18.9 Å². The molecule has 2 heterocycles. The van der Waals surface area contributed by atoms with Crippen LogP contribution >= 0.6 is 11.3 Å². The SMILES string of the molecule is COC(=O)c1csc(-c2cccc(CNC(=O)c3ccn(-c4ccc(F)cc4)n3)c2)n1. The Kier molecular flexibility index (Phi) is 5.85. The number of hydrogen-bond donors (Lipinski definition) is 1. The van der Waals surface area contributed by atoms with Gasteiger partial charge in [0.25, 0.3) is 5.91 Å². The second-order valence-electron chi connectivity index (χ2n) is 6.53. The number of nitrogens with zero attached hydrogens (tertiary/aromatic N) is 3. The van der Waals surface area contributed by atoms with Gasteiger partial charge in [-0.1, -0.05) is 18.2 Å². The third kappa shape index (κ3) is 4.67. The highest BCUT2D eigenvalue weighted by Gasteiger charge is 2.13. The molecular formula is C22H17FN4O3S. The van der Waals surface area contributed by atoms with Crippen LogP contribution in [-0.4, -0.2) is 33.8 Å². The van der Waals surface area contributed by atoms with Crippen molar-refractivity contribution in [1.29, 1.82) is 0 Å². The molecular weight excluding hydrogens is 419 g/mol. The molecule has 0 bridgehead atoms. The zero-order valence-electron chi connectivity index (χ0n) is 16.4. The molecule has 1 N–H and O–H groups in total. The molecule has 0 saturated heterocycles. The summed E-state index contributed by atoms with van der Waals surface area (Å²) in [6, 6.07) is 15.0. The maximum absolute atomic E-state index is 13.1. The second kappa shape index (κ2) is 8.88. The molecule has 0 aliphatic rings. The molecule has 0 aliphatic carbocycles. The molecule has 9 heteroatoms. The van der Waals surface area contributed by atoms with Gasteiger partial charge in [0.2, 0.25) is 0 Å². The van der Waals surface area contributed by atoms with Crippen LogP contribution in [0, 0.1) is 5.82 Å². The summed E-state index contributed by atoms with van der Waals surface area (Å²) in [5, 5.41) is 9.41. The van der Waals surface area contributed by atoms with E-state index in [1.165, 1.54) is 35.3 Å². The molecule has 2 aromatic carbocycles. The van der Waals surface area contributed by atoms with Crippen LogP contribution in [0.15, 0.2) is 66.2 Å². The number of amides is 1. The van der Waals surface area contributed by atoms with E-state index in [1.54, 1.807) is 29.8 Å². The first-order valence-corrected chi connectivity index (χ1v) is 10.1. The molecule has 1 amide bonds. The zero-order chi connectivity index (χ0) is 21.8. The molecule has 0 atom stereocenters. The zero-order valence-corrected chi connectivity index (χ0v) is 17.2. The Balaban J connectivity index is 1.42. The first kappa shape index (κ1) is 20.4. The van der Waals surface area contributed by atoms with E-state index in [-0.39, 0.29) is 23.1 Å². The fourth-order valence-corrected chi connectivity index (χ4v) is 3.66. The Morgan fingerprint density at radius 2 is 1.94 bits per heavy atom. The van der Waals surface area contributed by atoms with E-state index in [4.69, 9.17) is 0 Å². The third-order valence-corrected chi connectivity index (χ3v) is 5.33. The number of nitrogens with one attached hydrogen (secondary N) is 1. The Hall–Kier alpha value is -3.85. The van der Waals surface area contributed by atoms with Crippen molar-refractivity contribution < 1.29 is 18.7 Å². The van der Waals surface area contributed by atoms with Gasteiger partial charge in [0.1, 0.15) is 10.8 Å². The summed E-state index contributed by atoms with van der Waals surface area (Å²) in [6.45, 7) is 0.297. The second-order valence-corrected chi connectivity index (χ2v) is 7.39. The van der Waals surface area contributed by atoms with Crippen molar-refractivity contribution in [3.63, 3.8) is 0 Å². The van der Waals surface area contributed by atoms with E-state index in [0.29, 0.717) is 17.2 Å². The highest BCUT2D eigenvalue weighted by atomic mass is 32.1. The van der Waals surface area contributed by atoms with E-state index < -0.39 is 5.97 Å². The number of rotatable bonds is 6. The number of halogens is 1. The lowest BCUT2D eigenvalue weighted by atomic mass is 10.1. The van der Waals surface area contributed by atoms with Gasteiger partial charge >= 0.3 is 5.97 Å². The molecule has 4 rings (SSSR count). The summed E-state index contributed by atoms with van der Waals surface area (Å²) < 4.78 is 19.3. The molecule has 0 fully saturated rings. The monoisotopic (exact) mass is 436 g/mol. The summed E-state index contributed by atoms with van der Waals surface area (Å²) in [5.74, 6) is -1.14. The Morgan fingerprint density at radius 3 is 2.71 bits per heavy atom. The molecule has 4 aromatic rings. The fourth-order valence-electron chi connectivity index (χ4n) is 2.87. The molecule has 2 aromatic heterocycles. The highest BCUT2D eigenvalue weighted by molar-refractivity contribution is 7.13. The highest BCUT2D eigenvalue weighted by Crippen LogP contribution is 2.25. The molecule has 7 nitrogen and oxygen atoms in total. The van der Waals surface area contributed by atoms with Crippen LogP contribution in [0.3, 0.4) is 0 Å². The van der Waals surface area contributed by atoms with E-state index in [2.05, 4.69) is 20.1 Å². The lowest BCUT2D eigenvalue weighted by Crippen LogP contribution is -2.23. The molecule has 0 aliphatic heterocycles. The normalized spacial score (nSPS) is 10.6. The van der Waals surface area contributed by atoms with Crippen molar-refractivity contribution in [1.82, 2.24) is 20.1 Å². The minimum Gasteiger partial charge on any atom is -0.464 e. The largest absolute Gasteiger partial charge is 0.464 e. The van der Waals surface area contributed by atoms with E-state index >= 15 is 0 Å². The fraction of sp³-hybridized carbons (Fsp3) is 0.0909. The van der Waals surface area contributed by atoms with Crippen LogP contribution in [0.2, 0.25) is 0 Å². The maximum Gasteiger partial charge on any atom is 0.357 e. The molecule has 31 heavy (non-hydrogen) atoms. The minimum absolute atomic E-state index is 0.253. The van der Waals surface area contributed by atoms with Crippen molar-refractivity contribution in [2.45, 2.75) is 6.54 Å². The molecule has 0 spiro atoms. The van der Waals surface area contributed by atoms with Crippen LogP contribution in [0.4, 0.5) is 4.39 Å². The van der Waals surface area contributed by atoms with Gasteiger partial charge in [0.05, 0.1) is 12.8 Å². The topological polar surface area (TPSA) is 86.1 Å². The Morgan fingerprint density at radius 1 is 1.13 bits per heavy atom. The van der Waals surface area contributed by atoms with E-state index in [0.717, 1.165) is 11.1 Å². The van der Waals surface area contributed by atoms with Crippen LogP contribution in [-0.2, 0) is 11.3 Å². The lowest BCUT2D eigenvalue weighted by Gasteiger charge is -2.05. The average Bonchev–Trinajstić information content (AvgIpc) is 3.48. The number of esters is 1. The van der Waals surface area contributed by atoms with Gasteiger partial charge in [-0.3, -0.25) is 4.79 Å². The smallest absolute Gasteiger partial charge is 0.357 e. The van der Waals surface area contributed by atoms with Gasteiger partial charge in [0, 0.05) is 23.7 Å². The predicted octanol–water partition coefficient (Wildman–Crippen LogP) is 3.85. The quantitative estimate of drug-likeness (QED) is 0.464. The molecule has 156 valence electrons. The van der Waals surface area contributed by atoms with E-state index in [9.17, 15) is 14.0 Å². The van der Waals surface area contributed by atoms with Crippen molar-refractivity contribution in [2.75, 3.05) is 7.11 Å². The third-order valence-electron chi connectivity index (χ3n) is 4.44.